The van der Waals surface area contributed by atoms with Crippen molar-refractivity contribution in [2.45, 2.75) is 31.9 Å². The average molecular weight is 263 g/mol. The molecule has 1 aliphatic rings. The maximum Gasteiger partial charge on any atom is 0.407 e. The van der Waals surface area contributed by atoms with Crippen LogP contribution in [-0.2, 0) is 16.1 Å². The zero-order valence-corrected chi connectivity index (χ0v) is 10.5. The summed E-state index contributed by atoms with van der Waals surface area (Å²) >= 11 is 0. The quantitative estimate of drug-likeness (QED) is 0.872. The Hall–Kier alpha value is -2.04. The normalized spacial score (nSPS) is 21.9. The van der Waals surface area contributed by atoms with Gasteiger partial charge in [-0.15, -0.1) is 0 Å². The van der Waals surface area contributed by atoms with Crippen LogP contribution in [0.15, 0.2) is 30.3 Å². The third-order valence-corrected chi connectivity index (χ3v) is 3.32. The minimum absolute atomic E-state index is 0.0932. The Balaban J connectivity index is 1.72. The molecule has 0 bridgehead atoms. The number of rotatable bonds is 4. The molecule has 1 aliphatic carbocycles. The van der Waals surface area contributed by atoms with Gasteiger partial charge in [0.2, 0.25) is 0 Å². The largest absolute Gasteiger partial charge is 0.481 e. The summed E-state index contributed by atoms with van der Waals surface area (Å²) in [6, 6.07) is 9.32. The van der Waals surface area contributed by atoms with Gasteiger partial charge in [0, 0.05) is 6.04 Å². The molecule has 0 radical (unpaired) electrons. The van der Waals surface area contributed by atoms with E-state index in [2.05, 4.69) is 5.32 Å². The van der Waals surface area contributed by atoms with E-state index >= 15 is 0 Å². The molecule has 0 aromatic heterocycles. The molecule has 0 spiro atoms. The Bertz CT molecular complexity index is 446. The number of hydrogen-bond acceptors (Lipinski definition) is 3. The predicted molar refractivity (Wildman–Crippen MR) is 68.5 cm³/mol. The fraction of sp³-hybridized carbons (Fsp3) is 0.429. The molecule has 2 N–H and O–H groups in total. The number of carbonyl (C=O) groups excluding carboxylic acids is 1. The van der Waals surface area contributed by atoms with E-state index in [0.717, 1.165) is 5.56 Å². The zero-order valence-electron chi connectivity index (χ0n) is 10.5. The molecule has 2 rings (SSSR count). The minimum atomic E-state index is -0.790. The van der Waals surface area contributed by atoms with Gasteiger partial charge in [0.05, 0.1) is 5.92 Å². The van der Waals surface area contributed by atoms with E-state index in [0.29, 0.717) is 19.3 Å². The van der Waals surface area contributed by atoms with Crippen molar-refractivity contribution in [2.75, 3.05) is 0 Å². The standard InChI is InChI=1S/C14H17NO4/c16-13(17)11-6-7-12(8-11)15-14(18)19-9-10-4-2-1-3-5-10/h1-5,11-12H,6-9H2,(H,15,18)(H,16,17)/t11-,12+/m1/s1. The lowest BCUT2D eigenvalue weighted by molar-refractivity contribution is -0.141. The Morgan fingerprint density at radius 2 is 2.00 bits per heavy atom. The smallest absolute Gasteiger partial charge is 0.407 e. The van der Waals surface area contributed by atoms with Crippen LogP contribution in [0.1, 0.15) is 24.8 Å². The number of amides is 1. The summed E-state index contributed by atoms with van der Waals surface area (Å²) in [6.07, 6.45) is 1.30. The van der Waals surface area contributed by atoms with Crippen molar-refractivity contribution < 1.29 is 19.4 Å². The van der Waals surface area contributed by atoms with Crippen LogP contribution in [0.2, 0.25) is 0 Å². The van der Waals surface area contributed by atoms with Gasteiger partial charge in [-0.2, -0.15) is 0 Å². The molecule has 0 saturated heterocycles. The monoisotopic (exact) mass is 263 g/mol. The molecule has 1 aromatic rings. The van der Waals surface area contributed by atoms with Crippen LogP contribution in [0.4, 0.5) is 4.79 Å². The Labute approximate surface area is 111 Å². The highest BCUT2D eigenvalue weighted by atomic mass is 16.5. The van der Waals surface area contributed by atoms with Crippen LogP contribution >= 0.6 is 0 Å². The molecule has 102 valence electrons. The van der Waals surface area contributed by atoms with E-state index in [4.69, 9.17) is 9.84 Å². The van der Waals surface area contributed by atoms with Crippen molar-refractivity contribution >= 4 is 12.1 Å². The molecule has 0 unspecified atom stereocenters. The molecular weight excluding hydrogens is 246 g/mol. The Morgan fingerprint density at radius 3 is 2.63 bits per heavy atom. The van der Waals surface area contributed by atoms with Crippen LogP contribution in [0.3, 0.4) is 0 Å². The van der Waals surface area contributed by atoms with Gasteiger partial charge in [-0.25, -0.2) is 4.79 Å². The van der Waals surface area contributed by atoms with Crippen molar-refractivity contribution in [3.63, 3.8) is 0 Å². The van der Waals surface area contributed by atoms with Gasteiger partial charge >= 0.3 is 12.1 Å². The number of hydrogen-bond donors (Lipinski definition) is 2. The number of aliphatic carboxylic acids is 1. The highest BCUT2D eigenvalue weighted by molar-refractivity contribution is 5.71. The van der Waals surface area contributed by atoms with Crippen molar-refractivity contribution in [2.24, 2.45) is 5.92 Å². The van der Waals surface area contributed by atoms with Crippen molar-refractivity contribution in [1.82, 2.24) is 5.32 Å². The van der Waals surface area contributed by atoms with Crippen molar-refractivity contribution in [3.05, 3.63) is 35.9 Å². The number of carboxylic acid groups (broad SMARTS) is 1. The van der Waals surface area contributed by atoms with Gasteiger partial charge in [0.15, 0.2) is 0 Å². The summed E-state index contributed by atoms with van der Waals surface area (Å²) in [5, 5.41) is 11.6. The lowest BCUT2D eigenvalue weighted by atomic mass is 10.1. The molecule has 5 nitrogen and oxygen atoms in total. The molecule has 1 aromatic carbocycles. The average Bonchev–Trinajstić information content (AvgIpc) is 2.86. The first-order chi connectivity index (χ1) is 9.15. The maximum atomic E-state index is 11.6. The zero-order chi connectivity index (χ0) is 13.7. The molecule has 2 atom stereocenters. The predicted octanol–water partition coefficient (Wildman–Crippen LogP) is 2.17. The molecule has 19 heavy (non-hydrogen) atoms. The second kappa shape index (κ2) is 6.22. The van der Waals surface area contributed by atoms with Crippen molar-refractivity contribution in [1.29, 1.82) is 0 Å². The van der Waals surface area contributed by atoms with Gasteiger partial charge in [-0.3, -0.25) is 4.79 Å². The Kier molecular flexibility index (Phi) is 4.39. The minimum Gasteiger partial charge on any atom is -0.481 e. The fourth-order valence-electron chi connectivity index (χ4n) is 2.27. The second-order valence-electron chi connectivity index (χ2n) is 4.75. The van der Waals surface area contributed by atoms with Gasteiger partial charge in [0.25, 0.3) is 0 Å². The number of alkyl carbamates (subject to hydrolysis) is 1. The maximum absolute atomic E-state index is 11.6. The topological polar surface area (TPSA) is 75.6 Å². The first kappa shape index (κ1) is 13.4. The third-order valence-electron chi connectivity index (χ3n) is 3.32. The van der Waals surface area contributed by atoms with Crippen LogP contribution in [0.5, 0.6) is 0 Å². The number of carboxylic acids is 1. The summed E-state index contributed by atoms with van der Waals surface area (Å²) in [5.41, 5.74) is 0.924. The van der Waals surface area contributed by atoms with Gasteiger partial charge in [0.1, 0.15) is 6.61 Å². The number of ether oxygens (including phenoxy) is 1. The summed E-state index contributed by atoms with van der Waals surface area (Å²) < 4.78 is 5.09. The second-order valence-corrected chi connectivity index (χ2v) is 4.75. The van der Waals surface area contributed by atoms with E-state index < -0.39 is 12.1 Å². The molecule has 5 heteroatoms. The third kappa shape index (κ3) is 3.98. The summed E-state index contributed by atoms with van der Waals surface area (Å²) in [4.78, 5) is 22.4. The Morgan fingerprint density at radius 1 is 1.26 bits per heavy atom. The van der Waals surface area contributed by atoms with Crippen molar-refractivity contribution in [3.8, 4) is 0 Å². The fourth-order valence-corrected chi connectivity index (χ4v) is 2.27. The lowest BCUT2D eigenvalue weighted by Gasteiger charge is -2.12. The van der Waals surface area contributed by atoms with Gasteiger partial charge in [-0.1, -0.05) is 30.3 Å². The van der Waals surface area contributed by atoms with Crippen LogP contribution in [0.25, 0.3) is 0 Å². The van der Waals surface area contributed by atoms with Gasteiger partial charge < -0.3 is 15.2 Å². The number of carbonyl (C=O) groups is 2. The molecule has 0 heterocycles. The van der Waals surface area contributed by atoms with Crippen LogP contribution < -0.4 is 5.32 Å². The van der Waals surface area contributed by atoms with Crippen LogP contribution in [-0.4, -0.2) is 23.2 Å². The van der Waals surface area contributed by atoms with E-state index in [1.807, 2.05) is 30.3 Å². The van der Waals surface area contributed by atoms with E-state index in [1.54, 1.807) is 0 Å². The number of nitrogens with one attached hydrogen (secondary N) is 1. The highest BCUT2D eigenvalue weighted by Gasteiger charge is 2.30. The molecule has 1 fully saturated rings. The molecule has 1 amide bonds. The van der Waals surface area contributed by atoms with Crippen LogP contribution in [0, 0.1) is 5.92 Å². The summed E-state index contributed by atoms with van der Waals surface area (Å²) in [6.45, 7) is 0.224. The van der Waals surface area contributed by atoms with E-state index in [-0.39, 0.29) is 18.6 Å². The summed E-state index contributed by atoms with van der Waals surface area (Å²) in [5.74, 6) is -1.14. The molecular formula is C14H17NO4. The number of benzene rings is 1. The first-order valence-electron chi connectivity index (χ1n) is 6.35. The SMILES string of the molecule is O=C(N[C@H]1CC[C@@H](C(=O)O)C1)OCc1ccccc1. The summed E-state index contributed by atoms with van der Waals surface area (Å²) in [7, 11) is 0. The van der Waals surface area contributed by atoms with E-state index in [9.17, 15) is 9.59 Å². The van der Waals surface area contributed by atoms with Gasteiger partial charge in [-0.05, 0) is 24.8 Å². The molecule has 0 aliphatic heterocycles. The molecule has 1 saturated carbocycles. The first-order valence-corrected chi connectivity index (χ1v) is 6.35. The lowest BCUT2D eigenvalue weighted by Crippen LogP contribution is -2.33. The highest BCUT2D eigenvalue weighted by Crippen LogP contribution is 2.25. The van der Waals surface area contributed by atoms with E-state index in [1.165, 1.54) is 0 Å².